The van der Waals surface area contributed by atoms with Gasteiger partial charge in [-0.3, -0.25) is 5.16 Å². The summed E-state index contributed by atoms with van der Waals surface area (Å²) in [4.78, 5) is 0. The minimum Gasteiger partial charge on any atom is -0.262 e. The molecule has 0 spiro atoms. The third kappa shape index (κ3) is 6.20. The molecule has 0 radical (unpaired) electrons. The summed E-state index contributed by atoms with van der Waals surface area (Å²) >= 11 is 0. The lowest BCUT2D eigenvalue weighted by atomic mass is 10.6. The molecule has 0 bridgehead atoms. The average Bonchev–Trinajstić information content (AvgIpc) is 1.61. The van der Waals surface area contributed by atoms with Gasteiger partial charge in [0.25, 0.3) is 0 Å². The first kappa shape index (κ1) is 7.20. The first-order valence-corrected chi connectivity index (χ1v) is 3.80. The molecule has 1 N–H and O–H groups in total. The highest BCUT2D eigenvalue weighted by Crippen LogP contribution is 2.13. The molecule has 40 valence electrons. The van der Waals surface area contributed by atoms with Crippen molar-refractivity contribution in [2.75, 3.05) is 0 Å². The van der Waals surface area contributed by atoms with Crippen molar-refractivity contribution in [3.8, 4) is 0 Å². The molecule has 7 heavy (non-hydrogen) atoms. The number of nitrogens with zero attached hydrogens (tertiary/aromatic N) is 1. The Kier molecular flexibility index (Phi) is 4.49. The van der Waals surface area contributed by atoms with Gasteiger partial charge < -0.3 is 0 Å². The average molecular weight is 134 g/mol. The van der Waals surface area contributed by atoms with Gasteiger partial charge in [0, 0.05) is 14.0 Å². The SMILES string of the molecule is CC(C)P=NP=N. The van der Waals surface area contributed by atoms with Gasteiger partial charge in [0.1, 0.15) is 8.52 Å². The summed E-state index contributed by atoms with van der Waals surface area (Å²) in [6, 6.07) is 0. The van der Waals surface area contributed by atoms with E-state index in [1.165, 1.54) is 0 Å². The lowest BCUT2D eigenvalue weighted by Crippen LogP contribution is -1.72. The highest BCUT2D eigenvalue weighted by atomic mass is 31.1. The largest absolute Gasteiger partial charge is 0.262 e. The van der Waals surface area contributed by atoms with Crippen molar-refractivity contribution in [3.63, 3.8) is 0 Å². The molecule has 0 aromatic heterocycles. The number of nitrogens with one attached hydrogen (secondary N) is 1. The fourth-order valence-corrected chi connectivity index (χ4v) is 1.16. The Morgan fingerprint density at radius 2 is 2.14 bits per heavy atom. The molecule has 0 fully saturated rings. The van der Waals surface area contributed by atoms with Gasteiger partial charge in [-0.25, -0.2) is 0 Å². The van der Waals surface area contributed by atoms with Crippen molar-refractivity contribution >= 4 is 16.9 Å². The van der Waals surface area contributed by atoms with Crippen LogP contribution in [0.3, 0.4) is 0 Å². The third-order valence-corrected chi connectivity index (χ3v) is 1.56. The minimum absolute atomic E-state index is 0.403. The van der Waals surface area contributed by atoms with Gasteiger partial charge in [-0.15, -0.1) is 0 Å². The van der Waals surface area contributed by atoms with E-state index in [0.29, 0.717) is 14.2 Å². The maximum atomic E-state index is 6.59. The predicted molar refractivity (Wildman–Crippen MR) is 34.1 cm³/mol. The second kappa shape index (κ2) is 4.36. The van der Waals surface area contributed by atoms with E-state index >= 15 is 0 Å². The summed E-state index contributed by atoms with van der Waals surface area (Å²) in [7, 11) is 1.44. The Balaban J connectivity index is 3.25. The first-order valence-electron chi connectivity index (χ1n) is 2.04. The zero-order chi connectivity index (χ0) is 5.70. The van der Waals surface area contributed by atoms with Gasteiger partial charge >= 0.3 is 0 Å². The Bertz CT molecular complexity index is 79.0. The lowest BCUT2D eigenvalue weighted by Gasteiger charge is -1.83. The van der Waals surface area contributed by atoms with Crippen molar-refractivity contribution in [1.82, 2.24) is 0 Å². The van der Waals surface area contributed by atoms with E-state index in [0.717, 1.165) is 8.37 Å². The molecule has 0 aliphatic rings. The van der Waals surface area contributed by atoms with Crippen LogP contribution in [0.4, 0.5) is 0 Å². The van der Waals surface area contributed by atoms with Gasteiger partial charge in [-0.1, -0.05) is 13.8 Å². The van der Waals surface area contributed by atoms with Gasteiger partial charge in [-0.2, -0.15) is 4.52 Å². The number of hydrogen-bond donors (Lipinski definition) is 1. The van der Waals surface area contributed by atoms with Crippen molar-refractivity contribution in [1.29, 1.82) is 5.16 Å². The fourth-order valence-electron chi connectivity index (χ4n) is 0.129. The molecule has 0 saturated heterocycles. The number of rotatable bonds is 2. The Morgan fingerprint density at radius 3 is 2.29 bits per heavy atom. The van der Waals surface area contributed by atoms with Gasteiger partial charge in [-0.05, 0) is 0 Å². The van der Waals surface area contributed by atoms with E-state index in [1.54, 1.807) is 0 Å². The summed E-state index contributed by atoms with van der Waals surface area (Å²) in [5.74, 6) is 0. The van der Waals surface area contributed by atoms with Crippen molar-refractivity contribution < 1.29 is 0 Å². The summed E-state index contributed by atoms with van der Waals surface area (Å²) < 4.78 is 3.78. The van der Waals surface area contributed by atoms with Crippen molar-refractivity contribution in [3.05, 3.63) is 0 Å². The Morgan fingerprint density at radius 1 is 1.57 bits per heavy atom. The minimum atomic E-state index is 0.403. The van der Waals surface area contributed by atoms with Crippen LogP contribution in [0.5, 0.6) is 0 Å². The second-order valence-corrected chi connectivity index (χ2v) is 3.58. The van der Waals surface area contributed by atoms with Crippen LogP contribution in [0.15, 0.2) is 4.52 Å². The molecule has 0 aromatic carbocycles. The highest BCUT2D eigenvalue weighted by molar-refractivity contribution is 7.38. The molecule has 0 rings (SSSR count). The van der Waals surface area contributed by atoms with Gasteiger partial charge in [0.2, 0.25) is 0 Å². The zero-order valence-corrected chi connectivity index (χ0v) is 6.21. The summed E-state index contributed by atoms with van der Waals surface area (Å²) in [6.07, 6.45) is 0. The molecular formula is C3H8N2P2. The van der Waals surface area contributed by atoms with Crippen LogP contribution < -0.4 is 0 Å². The van der Waals surface area contributed by atoms with Crippen molar-refractivity contribution in [2.45, 2.75) is 19.5 Å². The maximum Gasteiger partial charge on any atom is 0.149 e. The Hall–Kier alpha value is 0.200. The van der Waals surface area contributed by atoms with E-state index in [-0.39, 0.29) is 0 Å². The number of hydrogen-bond acceptors (Lipinski definition) is 1. The van der Waals surface area contributed by atoms with Crippen LogP contribution in [0.1, 0.15) is 13.8 Å². The van der Waals surface area contributed by atoms with Crippen LogP contribution in [-0.2, 0) is 0 Å². The standard InChI is InChI=1S/C3H8N2P2/c1-3(2)6-5-7-4/h3-4H,1-2H3. The summed E-state index contributed by atoms with van der Waals surface area (Å²) in [5, 5.41) is 6.59. The molecule has 0 aromatic rings. The van der Waals surface area contributed by atoms with E-state index in [2.05, 4.69) is 18.4 Å². The molecule has 0 amide bonds. The van der Waals surface area contributed by atoms with Gasteiger partial charge in [0.15, 0.2) is 0 Å². The molecule has 2 nitrogen and oxygen atoms in total. The van der Waals surface area contributed by atoms with Gasteiger partial charge in [0.05, 0.1) is 0 Å². The third-order valence-electron chi connectivity index (χ3n) is 0.327. The second-order valence-electron chi connectivity index (χ2n) is 1.40. The summed E-state index contributed by atoms with van der Waals surface area (Å²) in [5.41, 5.74) is 0.581. The topological polar surface area (TPSA) is 36.2 Å². The maximum absolute atomic E-state index is 6.59. The van der Waals surface area contributed by atoms with Crippen LogP contribution in [-0.4, -0.2) is 5.66 Å². The molecular weight excluding hydrogens is 126 g/mol. The van der Waals surface area contributed by atoms with Crippen LogP contribution in [0, 0.1) is 5.16 Å². The molecule has 4 heteroatoms. The molecule has 0 unspecified atom stereocenters. The lowest BCUT2D eigenvalue weighted by molar-refractivity contribution is 1.11. The monoisotopic (exact) mass is 134 g/mol. The molecule has 0 aliphatic heterocycles. The molecule has 0 atom stereocenters. The first-order chi connectivity index (χ1) is 3.27. The van der Waals surface area contributed by atoms with E-state index < -0.39 is 0 Å². The molecule has 0 saturated carbocycles. The molecule has 0 heterocycles. The van der Waals surface area contributed by atoms with Crippen LogP contribution in [0.2, 0.25) is 0 Å². The van der Waals surface area contributed by atoms with E-state index in [1.807, 2.05) is 0 Å². The van der Waals surface area contributed by atoms with E-state index in [9.17, 15) is 0 Å². The fraction of sp³-hybridized carbons (Fsp3) is 1.00. The highest BCUT2D eigenvalue weighted by Gasteiger charge is 1.81. The Labute approximate surface area is 47.0 Å². The smallest absolute Gasteiger partial charge is 0.149 e. The quantitative estimate of drug-likeness (QED) is 0.563. The zero-order valence-electron chi connectivity index (χ0n) is 4.42. The van der Waals surface area contributed by atoms with E-state index in [4.69, 9.17) is 5.16 Å². The van der Waals surface area contributed by atoms with Crippen LogP contribution >= 0.6 is 16.9 Å². The van der Waals surface area contributed by atoms with Crippen molar-refractivity contribution in [2.24, 2.45) is 4.52 Å². The predicted octanol–water partition coefficient (Wildman–Crippen LogP) is 3.15. The molecule has 0 aliphatic carbocycles. The normalized spacial score (nSPS) is 11.9. The summed E-state index contributed by atoms with van der Waals surface area (Å²) in [6.45, 7) is 4.16. The van der Waals surface area contributed by atoms with Crippen LogP contribution in [0.25, 0.3) is 0 Å².